The van der Waals surface area contributed by atoms with E-state index >= 15 is 0 Å². The van der Waals surface area contributed by atoms with Crippen molar-refractivity contribution in [2.45, 2.75) is 12.5 Å². The number of fused-ring (bicyclic) bond motifs is 1. The molecule has 0 bridgehead atoms. The van der Waals surface area contributed by atoms with Crippen LogP contribution in [0, 0.1) is 0 Å². The van der Waals surface area contributed by atoms with Crippen molar-refractivity contribution in [3.8, 4) is 0 Å². The van der Waals surface area contributed by atoms with Gasteiger partial charge in [0.05, 0.1) is 12.6 Å². The Morgan fingerprint density at radius 1 is 1.11 bits per heavy atom. The van der Waals surface area contributed by atoms with Crippen LogP contribution in [-0.4, -0.2) is 36.9 Å². The molecule has 1 aromatic carbocycles. The first-order chi connectivity index (χ1) is 13.7. The Kier molecular flexibility index (Phi) is 5.57. The van der Waals surface area contributed by atoms with Crippen LogP contribution < -0.4 is 10.6 Å². The lowest BCUT2D eigenvalue weighted by molar-refractivity contribution is -0.117. The molecule has 3 heterocycles. The number of carbonyl (C=O) groups excluding carboxylic acids is 2. The molecule has 0 radical (unpaired) electrons. The molecule has 4 rings (SSSR count). The van der Waals surface area contributed by atoms with Crippen LogP contribution in [0.4, 0.5) is 5.69 Å². The van der Waals surface area contributed by atoms with Gasteiger partial charge in [0.1, 0.15) is 0 Å². The Labute approximate surface area is 172 Å². The summed E-state index contributed by atoms with van der Waals surface area (Å²) in [6.45, 7) is 1.19. The molecular weight excluding hydrogens is 390 g/mol. The predicted molar refractivity (Wildman–Crippen MR) is 114 cm³/mol. The second-order valence-corrected chi connectivity index (χ2v) is 8.62. The fraction of sp³-hybridized carbons (Fsp3) is 0.238. The van der Waals surface area contributed by atoms with E-state index in [1.807, 2.05) is 0 Å². The van der Waals surface area contributed by atoms with Crippen LogP contribution in [0.3, 0.4) is 0 Å². The van der Waals surface area contributed by atoms with Crippen LogP contribution in [0.1, 0.15) is 31.7 Å². The first kappa shape index (κ1) is 18.9. The van der Waals surface area contributed by atoms with Gasteiger partial charge in [-0.05, 0) is 59.1 Å². The van der Waals surface area contributed by atoms with Crippen molar-refractivity contribution in [3.05, 3.63) is 74.1 Å². The lowest BCUT2D eigenvalue weighted by Gasteiger charge is -2.34. The Balaban J connectivity index is 1.47. The van der Waals surface area contributed by atoms with E-state index in [-0.39, 0.29) is 17.9 Å². The second kappa shape index (κ2) is 8.26. The number of hydrogen-bond acceptors (Lipinski definition) is 5. The summed E-state index contributed by atoms with van der Waals surface area (Å²) >= 11 is 3.53. The summed E-state index contributed by atoms with van der Waals surface area (Å²) in [6, 6.07) is 13.5. The molecule has 7 heteroatoms. The molecule has 144 valence electrons. The first-order valence-corrected chi connectivity index (χ1v) is 10.9. The zero-order chi connectivity index (χ0) is 19.5. The van der Waals surface area contributed by atoms with Gasteiger partial charge in [-0.15, -0.1) is 22.7 Å². The highest BCUT2D eigenvalue weighted by Crippen LogP contribution is 2.39. The van der Waals surface area contributed by atoms with Gasteiger partial charge in [-0.3, -0.25) is 14.5 Å². The highest BCUT2D eigenvalue weighted by Gasteiger charge is 2.31. The highest BCUT2D eigenvalue weighted by molar-refractivity contribution is 7.10. The molecular formula is C21H21N3O2S2. The molecule has 28 heavy (non-hydrogen) atoms. The van der Waals surface area contributed by atoms with E-state index in [1.54, 1.807) is 54.0 Å². The summed E-state index contributed by atoms with van der Waals surface area (Å²) < 4.78 is 0. The number of nitrogens with zero attached hydrogens (tertiary/aromatic N) is 1. The molecule has 1 atom stereocenters. The number of nitrogens with one attached hydrogen (secondary N) is 2. The van der Waals surface area contributed by atoms with Gasteiger partial charge < -0.3 is 10.6 Å². The molecule has 1 aliphatic rings. The van der Waals surface area contributed by atoms with Crippen LogP contribution in [-0.2, 0) is 11.2 Å². The number of anilines is 1. The molecule has 2 amide bonds. The standard InChI is InChI=1S/C21H21N3O2S2/c1-22-21(26)14-4-6-15(7-5-14)23-19(25)13-24-10-8-17-16(9-12-28-17)20(24)18-3-2-11-27-18/h2-7,9,11-12,20H,8,10,13H2,1H3,(H,22,26)(H,23,25)/t20-/m0/s1. The normalized spacial score (nSPS) is 16.4. The van der Waals surface area contributed by atoms with Crippen LogP contribution in [0.15, 0.2) is 53.2 Å². The van der Waals surface area contributed by atoms with Crippen molar-refractivity contribution >= 4 is 40.2 Å². The summed E-state index contributed by atoms with van der Waals surface area (Å²) in [4.78, 5) is 29.3. The van der Waals surface area contributed by atoms with E-state index in [0.29, 0.717) is 17.8 Å². The minimum Gasteiger partial charge on any atom is -0.355 e. The zero-order valence-electron chi connectivity index (χ0n) is 15.5. The lowest BCUT2D eigenvalue weighted by Crippen LogP contribution is -2.40. The second-order valence-electron chi connectivity index (χ2n) is 6.64. The Hall–Kier alpha value is -2.48. The van der Waals surface area contributed by atoms with Crippen LogP contribution in [0.2, 0.25) is 0 Å². The molecule has 2 aromatic heterocycles. The SMILES string of the molecule is CNC(=O)c1ccc(NC(=O)CN2CCc3sccc3[C@H]2c2cccs2)cc1. The fourth-order valence-corrected chi connectivity index (χ4v) is 5.33. The molecule has 0 aliphatic carbocycles. The Morgan fingerprint density at radius 2 is 1.93 bits per heavy atom. The van der Waals surface area contributed by atoms with Crippen molar-refractivity contribution in [3.63, 3.8) is 0 Å². The number of amides is 2. The topological polar surface area (TPSA) is 61.4 Å². The largest absolute Gasteiger partial charge is 0.355 e. The number of rotatable bonds is 5. The smallest absolute Gasteiger partial charge is 0.251 e. The third-order valence-corrected chi connectivity index (χ3v) is 6.80. The predicted octanol–water partition coefficient (Wildman–Crippen LogP) is 3.76. The fourth-order valence-electron chi connectivity index (χ4n) is 3.55. The van der Waals surface area contributed by atoms with Gasteiger partial charge in [0.2, 0.25) is 5.91 Å². The summed E-state index contributed by atoms with van der Waals surface area (Å²) in [5.41, 5.74) is 2.58. The van der Waals surface area contributed by atoms with E-state index < -0.39 is 0 Å². The van der Waals surface area contributed by atoms with Gasteiger partial charge in [-0.1, -0.05) is 6.07 Å². The van der Waals surface area contributed by atoms with E-state index in [1.165, 1.54) is 15.3 Å². The van der Waals surface area contributed by atoms with Crippen molar-refractivity contribution in [2.24, 2.45) is 0 Å². The van der Waals surface area contributed by atoms with Gasteiger partial charge >= 0.3 is 0 Å². The third kappa shape index (κ3) is 3.87. The zero-order valence-corrected chi connectivity index (χ0v) is 17.1. The molecule has 0 fully saturated rings. The summed E-state index contributed by atoms with van der Waals surface area (Å²) in [7, 11) is 1.60. The average Bonchev–Trinajstić information content (AvgIpc) is 3.39. The van der Waals surface area contributed by atoms with Crippen molar-refractivity contribution in [1.29, 1.82) is 0 Å². The molecule has 0 saturated heterocycles. The molecule has 0 unspecified atom stereocenters. The first-order valence-electron chi connectivity index (χ1n) is 9.11. The highest BCUT2D eigenvalue weighted by atomic mass is 32.1. The quantitative estimate of drug-likeness (QED) is 0.672. The lowest BCUT2D eigenvalue weighted by atomic mass is 9.98. The molecule has 0 spiro atoms. The number of hydrogen-bond donors (Lipinski definition) is 2. The van der Waals surface area contributed by atoms with Gasteiger partial charge in [0.25, 0.3) is 5.91 Å². The van der Waals surface area contributed by atoms with Crippen LogP contribution in [0.5, 0.6) is 0 Å². The number of benzene rings is 1. The number of thiophene rings is 2. The van der Waals surface area contributed by atoms with E-state index in [9.17, 15) is 9.59 Å². The van der Waals surface area contributed by atoms with Crippen LogP contribution >= 0.6 is 22.7 Å². The van der Waals surface area contributed by atoms with Crippen molar-refractivity contribution < 1.29 is 9.59 Å². The van der Waals surface area contributed by atoms with Crippen molar-refractivity contribution in [1.82, 2.24) is 10.2 Å². The Bertz CT molecular complexity index is 964. The molecule has 3 aromatic rings. The molecule has 2 N–H and O–H groups in total. The minimum absolute atomic E-state index is 0.0482. The summed E-state index contributed by atoms with van der Waals surface area (Å²) in [5.74, 6) is -0.190. The monoisotopic (exact) mass is 411 g/mol. The third-order valence-electron chi connectivity index (χ3n) is 4.88. The van der Waals surface area contributed by atoms with Crippen molar-refractivity contribution in [2.75, 3.05) is 25.5 Å². The molecule has 5 nitrogen and oxygen atoms in total. The van der Waals surface area contributed by atoms with Crippen LogP contribution in [0.25, 0.3) is 0 Å². The van der Waals surface area contributed by atoms with Gasteiger partial charge in [0, 0.05) is 34.6 Å². The summed E-state index contributed by atoms with van der Waals surface area (Å²) in [6.07, 6.45) is 0.975. The maximum Gasteiger partial charge on any atom is 0.251 e. The average molecular weight is 412 g/mol. The van der Waals surface area contributed by atoms with E-state index in [4.69, 9.17) is 0 Å². The van der Waals surface area contributed by atoms with Gasteiger partial charge in [0.15, 0.2) is 0 Å². The molecule has 1 aliphatic heterocycles. The maximum absolute atomic E-state index is 12.7. The minimum atomic E-state index is -0.142. The summed E-state index contributed by atoms with van der Waals surface area (Å²) in [5, 5.41) is 9.77. The van der Waals surface area contributed by atoms with Gasteiger partial charge in [-0.2, -0.15) is 0 Å². The van der Waals surface area contributed by atoms with Gasteiger partial charge in [-0.25, -0.2) is 0 Å². The maximum atomic E-state index is 12.7. The van der Waals surface area contributed by atoms with E-state index in [2.05, 4.69) is 44.5 Å². The molecule has 0 saturated carbocycles. The van der Waals surface area contributed by atoms with E-state index in [0.717, 1.165) is 13.0 Å². The number of carbonyl (C=O) groups is 2. The Morgan fingerprint density at radius 3 is 2.64 bits per heavy atom.